The van der Waals surface area contributed by atoms with Crippen molar-refractivity contribution in [2.45, 2.75) is 114 Å². The van der Waals surface area contributed by atoms with E-state index in [1.165, 1.54) is 77.0 Å². The minimum absolute atomic E-state index is 0.0283. The van der Waals surface area contributed by atoms with Crippen LogP contribution in [0, 0.1) is 0 Å². The highest BCUT2D eigenvalue weighted by atomic mass is 32.2. The summed E-state index contributed by atoms with van der Waals surface area (Å²) in [6, 6.07) is 0. The van der Waals surface area contributed by atoms with Crippen molar-refractivity contribution < 1.29 is 9.53 Å². The maximum absolute atomic E-state index is 11.2. The number of carbonyl (C=O) groups excluding carboxylic acids is 1. The fourth-order valence-corrected chi connectivity index (χ4v) is 4.43. The Morgan fingerprint density at radius 2 is 1.30 bits per heavy atom. The highest BCUT2D eigenvalue weighted by Crippen LogP contribution is 2.47. The van der Waals surface area contributed by atoms with Gasteiger partial charge in [-0.05, 0) is 26.2 Å². The molecule has 0 spiro atoms. The summed E-state index contributed by atoms with van der Waals surface area (Å²) in [5.41, 5.74) is 0. The summed E-state index contributed by atoms with van der Waals surface area (Å²) in [7, 11) is 0. The van der Waals surface area contributed by atoms with Crippen molar-refractivity contribution in [1.29, 1.82) is 0 Å². The Bertz CT molecular complexity index is 293. The summed E-state index contributed by atoms with van der Waals surface area (Å²) < 4.78 is 4.94. The molecule has 0 N–H and O–H groups in total. The fraction of sp³-hybridized carbons (Fsp3) is 0.950. The number of unbranched alkanes of at least 4 members (excludes halogenated alkanes) is 9. The summed E-state index contributed by atoms with van der Waals surface area (Å²) in [6.45, 7) is 4.66. The Labute approximate surface area is 148 Å². The van der Waals surface area contributed by atoms with Crippen LogP contribution in [0.1, 0.15) is 104 Å². The topological polar surface area (TPSA) is 26.3 Å². The van der Waals surface area contributed by atoms with E-state index < -0.39 is 0 Å². The molecule has 1 fully saturated rings. The molecule has 0 radical (unpaired) electrons. The average Bonchev–Trinajstić information content (AvgIpc) is 3.28. The molecule has 0 saturated carbocycles. The van der Waals surface area contributed by atoms with E-state index in [4.69, 9.17) is 4.74 Å². The van der Waals surface area contributed by atoms with Gasteiger partial charge in [-0.3, -0.25) is 4.79 Å². The molecular formula is C20H38O2S. The zero-order valence-corrected chi connectivity index (χ0v) is 16.3. The lowest BCUT2D eigenvalue weighted by atomic mass is 10.0. The van der Waals surface area contributed by atoms with E-state index in [-0.39, 0.29) is 5.97 Å². The van der Waals surface area contributed by atoms with Gasteiger partial charge in [0.25, 0.3) is 0 Å². The summed E-state index contributed by atoms with van der Waals surface area (Å²) in [6.07, 6.45) is 18.2. The normalized spacial score (nSPS) is 19.7. The van der Waals surface area contributed by atoms with Gasteiger partial charge in [0.05, 0.1) is 6.61 Å². The Kier molecular flexibility index (Phi) is 12.9. The summed E-state index contributed by atoms with van der Waals surface area (Å²) in [5, 5.41) is 1.97. The van der Waals surface area contributed by atoms with Crippen LogP contribution in [0.2, 0.25) is 0 Å². The third kappa shape index (κ3) is 11.9. The van der Waals surface area contributed by atoms with E-state index in [2.05, 4.69) is 18.7 Å². The predicted octanol–water partition coefficient (Wildman–Crippen LogP) is 6.51. The number of hydrogen-bond donors (Lipinski definition) is 0. The molecular weight excluding hydrogens is 304 g/mol. The van der Waals surface area contributed by atoms with Crippen LogP contribution < -0.4 is 0 Å². The monoisotopic (exact) mass is 342 g/mol. The minimum Gasteiger partial charge on any atom is -0.466 e. The molecule has 2 nitrogen and oxygen atoms in total. The van der Waals surface area contributed by atoms with Crippen LogP contribution in [-0.2, 0) is 9.53 Å². The molecule has 0 amide bonds. The van der Waals surface area contributed by atoms with Crippen molar-refractivity contribution in [1.82, 2.24) is 0 Å². The molecule has 0 aromatic carbocycles. The van der Waals surface area contributed by atoms with Crippen molar-refractivity contribution in [3.05, 3.63) is 0 Å². The van der Waals surface area contributed by atoms with Crippen LogP contribution in [0.5, 0.6) is 0 Å². The van der Waals surface area contributed by atoms with Crippen LogP contribution in [0.25, 0.3) is 0 Å². The van der Waals surface area contributed by atoms with Crippen molar-refractivity contribution in [3.8, 4) is 0 Å². The summed E-state index contributed by atoms with van der Waals surface area (Å²) >= 11 is 2.22. The van der Waals surface area contributed by atoms with Gasteiger partial charge < -0.3 is 4.74 Å². The van der Waals surface area contributed by atoms with Gasteiger partial charge in [-0.15, -0.1) is 0 Å². The molecule has 1 heterocycles. The molecule has 1 aliphatic rings. The molecule has 1 saturated heterocycles. The van der Waals surface area contributed by atoms with Gasteiger partial charge in [0.2, 0.25) is 0 Å². The van der Waals surface area contributed by atoms with Gasteiger partial charge in [-0.25, -0.2) is 0 Å². The summed E-state index contributed by atoms with van der Waals surface area (Å²) in [4.78, 5) is 11.2. The number of ether oxygens (including phenoxy) is 1. The third-order valence-electron chi connectivity index (χ3n) is 4.70. The van der Waals surface area contributed by atoms with Crippen LogP contribution in [0.4, 0.5) is 0 Å². The first-order valence-corrected chi connectivity index (χ1v) is 11.0. The number of hydrogen-bond acceptors (Lipinski definition) is 3. The van der Waals surface area contributed by atoms with Gasteiger partial charge in [0, 0.05) is 16.9 Å². The molecule has 136 valence electrons. The van der Waals surface area contributed by atoms with Crippen LogP contribution in [0.3, 0.4) is 0 Å². The quantitative estimate of drug-likeness (QED) is 0.181. The van der Waals surface area contributed by atoms with Crippen LogP contribution >= 0.6 is 11.8 Å². The highest BCUT2D eigenvalue weighted by molar-refractivity contribution is 8.07. The van der Waals surface area contributed by atoms with E-state index in [1.807, 2.05) is 6.92 Å². The molecule has 2 unspecified atom stereocenters. The lowest BCUT2D eigenvalue weighted by molar-refractivity contribution is -0.143. The van der Waals surface area contributed by atoms with Gasteiger partial charge in [-0.2, -0.15) is 11.8 Å². The Morgan fingerprint density at radius 1 is 0.783 bits per heavy atom. The first kappa shape index (κ1) is 20.9. The number of esters is 1. The van der Waals surface area contributed by atoms with E-state index in [0.717, 1.165) is 16.9 Å². The second-order valence-corrected chi connectivity index (χ2v) is 8.36. The van der Waals surface area contributed by atoms with Gasteiger partial charge in [0.1, 0.15) is 0 Å². The largest absolute Gasteiger partial charge is 0.466 e. The summed E-state index contributed by atoms with van der Waals surface area (Å²) in [5.74, 6) is -0.0283. The molecule has 1 rings (SSSR count). The SMILES string of the molecule is CCCCCCCCC1SC1CCCCCCCC(=O)OCC. The molecule has 2 atom stereocenters. The molecule has 3 heteroatoms. The maximum Gasteiger partial charge on any atom is 0.305 e. The van der Waals surface area contributed by atoms with Crippen molar-refractivity contribution in [2.24, 2.45) is 0 Å². The first-order chi connectivity index (χ1) is 11.3. The first-order valence-electron chi connectivity index (χ1n) is 10.1. The average molecular weight is 343 g/mol. The molecule has 0 bridgehead atoms. The van der Waals surface area contributed by atoms with Gasteiger partial charge >= 0.3 is 5.97 Å². The smallest absolute Gasteiger partial charge is 0.305 e. The number of carbonyl (C=O) groups is 1. The second kappa shape index (κ2) is 14.2. The van der Waals surface area contributed by atoms with E-state index in [0.29, 0.717) is 13.0 Å². The second-order valence-electron chi connectivity index (χ2n) is 6.88. The third-order valence-corrected chi connectivity index (χ3v) is 6.22. The van der Waals surface area contributed by atoms with Crippen LogP contribution in [0.15, 0.2) is 0 Å². The molecule has 23 heavy (non-hydrogen) atoms. The lowest BCUT2D eigenvalue weighted by Gasteiger charge is -2.02. The lowest BCUT2D eigenvalue weighted by Crippen LogP contribution is -2.03. The Balaban J connectivity index is 1.77. The highest BCUT2D eigenvalue weighted by Gasteiger charge is 2.36. The van der Waals surface area contributed by atoms with Gasteiger partial charge in [0.15, 0.2) is 0 Å². The Hall–Kier alpha value is -0.180. The molecule has 0 aliphatic carbocycles. The predicted molar refractivity (Wildman–Crippen MR) is 102 cm³/mol. The Morgan fingerprint density at radius 3 is 1.87 bits per heavy atom. The van der Waals surface area contributed by atoms with E-state index >= 15 is 0 Å². The van der Waals surface area contributed by atoms with Crippen molar-refractivity contribution in [2.75, 3.05) is 6.61 Å². The fourth-order valence-electron chi connectivity index (χ4n) is 3.19. The van der Waals surface area contributed by atoms with Crippen LogP contribution in [-0.4, -0.2) is 23.1 Å². The number of rotatable bonds is 16. The van der Waals surface area contributed by atoms with Crippen molar-refractivity contribution in [3.63, 3.8) is 0 Å². The zero-order valence-electron chi connectivity index (χ0n) is 15.5. The minimum atomic E-state index is -0.0283. The molecule has 0 aromatic heterocycles. The molecule has 1 aliphatic heterocycles. The van der Waals surface area contributed by atoms with Gasteiger partial charge in [-0.1, -0.05) is 71.1 Å². The number of thioether (sulfide) groups is 1. The van der Waals surface area contributed by atoms with E-state index in [9.17, 15) is 4.79 Å². The molecule has 0 aromatic rings. The zero-order chi connectivity index (χ0) is 16.8. The van der Waals surface area contributed by atoms with E-state index in [1.54, 1.807) is 0 Å². The van der Waals surface area contributed by atoms with Crippen molar-refractivity contribution >= 4 is 17.7 Å². The standard InChI is InChI=1S/C20H38O2S/c1-3-5-6-7-9-12-15-18-19(23-18)16-13-10-8-11-14-17-20(21)22-4-2/h18-19H,3-17H2,1-2H3. The maximum atomic E-state index is 11.2.